The van der Waals surface area contributed by atoms with Crippen LogP contribution in [0.2, 0.25) is 0 Å². The fourth-order valence-corrected chi connectivity index (χ4v) is 1.46. The quantitative estimate of drug-likeness (QED) is 0.926. The first-order valence-corrected chi connectivity index (χ1v) is 5.30. The minimum absolute atomic E-state index is 0.0505. The van der Waals surface area contributed by atoms with Gasteiger partial charge in [0.25, 0.3) is 0 Å². The standard InChI is InChI=1S/C13H9F2NO3/c1-7-4-12(9(6-16-7)13(17)18)19-11-3-2-8(14)5-10(11)15/h2-6H,1H3,(H,17,18). The predicted molar refractivity (Wildman–Crippen MR) is 62.4 cm³/mol. The summed E-state index contributed by atoms with van der Waals surface area (Å²) in [5.41, 5.74) is 0.317. The van der Waals surface area contributed by atoms with Crippen LogP contribution in [-0.2, 0) is 0 Å². The van der Waals surface area contributed by atoms with Gasteiger partial charge in [-0.1, -0.05) is 0 Å². The highest BCUT2D eigenvalue weighted by Crippen LogP contribution is 2.28. The number of pyridine rings is 1. The molecule has 2 aromatic rings. The molecule has 0 fully saturated rings. The Morgan fingerprint density at radius 2 is 2.00 bits per heavy atom. The van der Waals surface area contributed by atoms with Crippen LogP contribution in [0.5, 0.6) is 11.5 Å². The fourth-order valence-electron chi connectivity index (χ4n) is 1.46. The zero-order valence-electron chi connectivity index (χ0n) is 9.85. The van der Waals surface area contributed by atoms with Crippen LogP contribution in [0.1, 0.15) is 16.1 Å². The predicted octanol–water partition coefficient (Wildman–Crippen LogP) is 3.16. The molecule has 1 aromatic carbocycles. The molecule has 0 aliphatic carbocycles. The normalized spacial score (nSPS) is 10.3. The van der Waals surface area contributed by atoms with Crippen molar-refractivity contribution in [3.63, 3.8) is 0 Å². The number of hydrogen-bond acceptors (Lipinski definition) is 3. The highest BCUT2D eigenvalue weighted by atomic mass is 19.1. The molecule has 19 heavy (non-hydrogen) atoms. The molecule has 1 aromatic heterocycles. The second-order valence-electron chi connectivity index (χ2n) is 3.80. The van der Waals surface area contributed by atoms with Gasteiger partial charge >= 0.3 is 5.97 Å². The van der Waals surface area contributed by atoms with Gasteiger partial charge in [0.2, 0.25) is 0 Å². The largest absolute Gasteiger partial charge is 0.477 e. The van der Waals surface area contributed by atoms with Gasteiger partial charge in [0.15, 0.2) is 11.6 Å². The number of ether oxygens (including phenoxy) is 1. The molecule has 0 saturated carbocycles. The van der Waals surface area contributed by atoms with Gasteiger partial charge in [-0.2, -0.15) is 0 Å². The highest BCUT2D eigenvalue weighted by Gasteiger charge is 2.15. The number of rotatable bonds is 3. The molecule has 0 aliphatic heterocycles. The second kappa shape index (κ2) is 5.01. The number of benzene rings is 1. The summed E-state index contributed by atoms with van der Waals surface area (Å²) in [6.45, 7) is 1.64. The van der Waals surface area contributed by atoms with Crippen LogP contribution in [0.25, 0.3) is 0 Å². The van der Waals surface area contributed by atoms with E-state index in [2.05, 4.69) is 4.98 Å². The Morgan fingerprint density at radius 1 is 1.26 bits per heavy atom. The fraction of sp³-hybridized carbons (Fsp3) is 0.0769. The van der Waals surface area contributed by atoms with Crippen molar-refractivity contribution in [2.45, 2.75) is 6.92 Å². The van der Waals surface area contributed by atoms with Crippen molar-refractivity contribution in [1.29, 1.82) is 0 Å². The molecule has 0 atom stereocenters. The Labute approximate surface area is 107 Å². The maximum Gasteiger partial charge on any atom is 0.341 e. The molecule has 0 saturated heterocycles. The van der Waals surface area contributed by atoms with Crippen molar-refractivity contribution in [1.82, 2.24) is 4.98 Å². The lowest BCUT2D eigenvalue weighted by Gasteiger charge is -2.09. The number of carbonyl (C=O) groups is 1. The zero-order chi connectivity index (χ0) is 14.0. The Kier molecular flexibility index (Phi) is 3.41. The molecule has 2 rings (SSSR count). The third kappa shape index (κ3) is 2.85. The first kappa shape index (κ1) is 12.9. The minimum atomic E-state index is -1.25. The van der Waals surface area contributed by atoms with Crippen molar-refractivity contribution in [3.05, 3.63) is 53.4 Å². The number of carboxylic acids is 1. The maximum absolute atomic E-state index is 13.4. The SMILES string of the molecule is Cc1cc(Oc2ccc(F)cc2F)c(C(=O)O)cn1. The molecule has 98 valence electrons. The number of halogens is 2. The topological polar surface area (TPSA) is 59.4 Å². The summed E-state index contributed by atoms with van der Waals surface area (Å²) in [5, 5.41) is 8.97. The number of carboxylic acid groups (broad SMARTS) is 1. The smallest absolute Gasteiger partial charge is 0.341 e. The Balaban J connectivity index is 2.42. The van der Waals surface area contributed by atoms with Gasteiger partial charge in [-0.3, -0.25) is 4.98 Å². The molecular formula is C13H9F2NO3. The number of nitrogens with zero attached hydrogens (tertiary/aromatic N) is 1. The van der Waals surface area contributed by atoms with Gasteiger partial charge < -0.3 is 9.84 Å². The first-order chi connectivity index (χ1) is 8.97. The van der Waals surface area contributed by atoms with Crippen LogP contribution in [0.3, 0.4) is 0 Å². The van der Waals surface area contributed by atoms with Crippen LogP contribution in [0.4, 0.5) is 8.78 Å². The molecule has 0 radical (unpaired) electrons. The monoisotopic (exact) mass is 265 g/mol. The third-order valence-electron chi connectivity index (χ3n) is 2.35. The maximum atomic E-state index is 13.4. The van der Waals surface area contributed by atoms with Crippen molar-refractivity contribution in [2.24, 2.45) is 0 Å². The summed E-state index contributed by atoms with van der Waals surface area (Å²) >= 11 is 0. The van der Waals surface area contributed by atoms with Gasteiger partial charge in [-0.25, -0.2) is 13.6 Å². The number of aromatic nitrogens is 1. The van der Waals surface area contributed by atoms with E-state index in [0.29, 0.717) is 11.8 Å². The lowest BCUT2D eigenvalue weighted by atomic mass is 10.2. The van der Waals surface area contributed by atoms with E-state index in [-0.39, 0.29) is 17.1 Å². The van der Waals surface area contributed by atoms with E-state index >= 15 is 0 Å². The summed E-state index contributed by atoms with van der Waals surface area (Å²) in [6, 6.07) is 4.13. The van der Waals surface area contributed by atoms with Gasteiger partial charge in [-0.05, 0) is 19.1 Å². The Bertz CT molecular complexity index is 644. The summed E-state index contributed by atoms with van der Waals surface area (Å²) < 4.78 is 31.4. The Morgan fingerprint density at radius 3 is 2.63 bits per heavy atom. The van der Waals surface area contributed by atoms with E-state index in [1.807, 2.05) is 0 Å². The molecule has 0 spiro atoms. The molecule has 0 amide bonds. The molecule has 6 heteroatoms. The van der Waals surface area contributed by atoms with Gasteiger partial charge in [0.05, 0.1) is 0 Å². The molecule has 0 unspecified atom stereocenters. The first-order valence-electron chi connectivity index (χ1n) is 5.30. The molecular weight excluding hydrogens is 256 g/mol. The summed E-state index contributed by atoms with van der Waals surface area (Å²) in [5.74, 6) is -3.20. The highest BCUT2D eigenvalue weighted by molar-refractivity contribution is 5.90. The van der Waals surface area contributed by atoms with E-state index in [4.69, 9.17) is 9.84 Å². The average Bonchev–Trinajstić information content (AvgIpc) is 2.32. The van der Waals surface area contributed by atoms with Gasteiger partial charge in [0, 0.05) is 24.0 Å². The van der Waals surface area contributed by atoms with Crippen molar-refractivity contribution in [3.8, 4) is 11.5 Å². The third-order valence-corrected chi connectivity index (χ3v) is 2.35. The molecule has 4 nitrogen and oxygen atoms in total. The van der Waals surface area contributed by atoms with Crippen LogP contribution >= 0.6 is 0 Å². The summed E-state index contributed by atoms with van der Waals surface area (Å²) in [6.07, 6.45) is 1.12. The van der Waals surface area contributed by atoms with Crippen molar-refractivity contribution >= 4 is 5.97 Å². The average molecular weight is 265 g/mol. The van der Waals surface area contributed by atoms with Crippen LogP contribution in [0.15, 0.2) is 30.5 Å². The van der Waals surface area contributed by atoms with Crippen molar-refractivity contribution in [2.75, 3.05) is 0 Å². The van der Waals surface area contributed by atoms with Crippen LogP contribution < -0.4 is 4.74 Å². The van der Waals surface area contributed by atoms with E-state index in [1.165, 1.54) is 6.07 Å². The van der Waals surface area contributed by atoms with Crippen LogP contribution in [-0.4, -0.2) is 16.1 Å². The van der Waals surface area contributed by atoms with E-state index in [9.17, 15) is 13.6 Å². The zero-order valence-corrected chi connectivity index (χ0v) is 9.85. The minimum Gasteiger partial charge on any atom is -0.477 e. The van der Waals surface area contributed by atoms with Crippen LogP contribution in [0, 0.1) is 18.6 Å². The molecule has 1 heterocycles. The van der Waals surface area contributed by atoms with Gasteiger partial charge in [0.1, 0.15) is 17.1 Å². The lowest BCUT2D eigenvalue weighted by molar-refractivity contribution is 0.0693. The Hall–Kier alpha value is -2.50. The molecule has 1 N–H and O–H groups in total. The number of hydrogen-bond donors (Lipinski definition) is 1. The summed E-state index contributed by atoms with van der Waals surface area (Å²) in [4.78, 5) is 14.8. The molecule has 0 aliphatic rings. The number of aromatic carboxylic acids is 1. The summed E-state index contributed by atoms with van der Waals surface area (Å²) in [7, 11) is 0. The number of aryl methyl sites for hydroxylation is 1. The lowest BCUT2D eigenvalue weighted by Crippen LogP contribution is -2.02. The van der Waals surface area contributed by atoms with E-state index in [1.54, 1.807) is 6.92 Å². The van der Waals surface area contributed by atoms with E-state index < -0.39 is 17.6 Å². The molecule has 0 bridgehead atoms. The van der Waals surface area contributed by atoms with Gasteiger partial charge in [-0.15, -0.1) is 0 Å². The van der Waals surface area contributed by atoms with Crippen molar-refractivity contribution < 1.29 is 23.4 Å². The second-order valence-corrected chi connectivity index (χ2v) is 3.80. The van der Waals surface area contributed by atoms with E-state index in [0.717, 1.165) is 18.3 Å².